The lowest BCUT2D eigenvalue weighted by Gasteiger charge is -2.01. The summed E-state index contributed by atoms with van der Waals surface area (Å²) in [5, 5.41) is 14.7. The number of amides is 1. The van der Waals surface area contributed by atoms with Crippen molar-refractivity contribution in [2.75, 3.05) is 13.2 Å². The lowest BCUT2D eigenvalue weighted by Crippen LogP contribution is -2.24. The normalized spacial score (nSPS) is 12.5. The molecule has 0 bridgehead atoms. The number of carbonyl (C=O) groups is 1. The van der Waals surface area contributed by atoms with Gasteiger partial charge in [-0.3, -0.25) is 4.79 Å². The number of nitrogens with zero attached hydrogens (tertiary/aromatic N) is 2. The molecule has 7 heteroatoms. The van der Waals surface area contributed by atoms with Crippen LogP contribution in [0.15, 0.2) is 4.52 Å². The summed E-state index contributed by atoms with van der Waals surface area (Å²) < 4.78 is 4.79. The van der Waals surface area contributed by atoms with Crippen molar-refractivity contribution in [2.45, 2.75) is 19.4 Å². The first-order chi connectivity index (χ1) is 7.19. The van der Waals surface area contributed by atoms with Gasteiger partial charge in [-0.25, -0.2) is 0 Å². The highest BCUT2D eigenvalue weighted by Gasteiger charge is 2.17. The van der Waals surface area contributed by atoms with Crippen molar-refractivity contribution < 1.29 is 14.4 Å². The van der Waals surface area contributed by atoms with Gasteiger partial charge in [0.25, 0.3) is 11.7 Å². The van der Waals surface area contributed by atoms with Gasteiger partial charge in [-0.2, -0.15) is 4.98 Å². The number of hydrogen-bond donors (Lipinski definition) is 3. The Balaban J connectivity index is 2.67. The molecule has 0 saturated carbocycles. The Morgan fingerprint density at radius 3 is 3.07 bits per heavy atom. The van der Waals surface area contributed by atoms with Gasteiger partial charge < -0.3 is 20.7 Å². The summed E-state index contributed by atoms with van der Waals surface area (Å²) in [4.78, 5) is 15.1. The van der Waals surface area contributed by atoms with Crippen LogP contribution in [0.1, 0.15) is 35.9 Å². The molecule has 0 saturated heterocycles. The molecule has 1 aromatic heterocycles. The number of aliphatic hydroxyl groups excluding tert-OH is 1. The average Bonchev–Trinajstić information content (AvgIpc) is 2.67. The summed E-state index contributed by atoms with van der Waals surface area (Å²) in [6.45, 7) is 2.21. The van der Waals surface area contributed by atoms with Crippen LogP contribution in [-0.4, -0.2) is 34.3 Å². The highest BCUT2D eigenvalue weighted by atomic mass is 16.5. The van der Waals surface area contributed by atoms with Crippen molar-refractivity contribution in [3.05, 3.63) is 11.7 Å². The van der Waals surface area contributed by atoms with Crippen LogP contribution >= 0.6 is 0 Å². The standard InChI is InChI=1S/C8H14N4O3/c1-2-10-7(14)6-11-8(15-12-6)5(9)3-4-13/h5,13H,2-4,9H2,1H3,(H,10,14). The van der Waals surface area contributed by atoms with E-state index in [4.69, 9.17) is 15.4 Å². The van der Waals surface area contributed by atoms with Crippen LogP contribution in [0.5, 0.6) is 0 Å². The molecule has 1 aromatic rings. The Labute approximate surface area is 86.7 Å². The Bertz CT molecular complexity index is 325. The molecular formula is C8H14N4O3. The van der Waals surface area contributed by atoms with Crippen LogP contribution in [-0.2, 0) is 0 Å². The predicted octanol–water partition coefficient (Wildman–Crippen LogP) is -0.798. The van der Waals surface area contributed by atoms with Crippen LogP contribution in [0.25, 0.3) is 0 Å². The van der Waals surface area contributed by atoms with E-state index in [0.29, 0.717) is 13.0 Å². The molecule has 4 N–H and O–H groups in total. The number of hydrogen-bond acceptors (Lipinski definition) is 6. The third-order valence-electron chi connectivity index (χ3n) is 1.74. The van der Waals surface area contributed by atoms with Gasteiger partial charge in [0.05, 0.1) is 6.04 Å². The second kappa shape index (κ2) is 5.42. The van der Waals surface area contributed by atoms with E-state index >= 15 is 0 Å². The number of aliphatic hydroxyl groups is 1. The van der Waals surface area contributed by atoms with E-state index < -0.39 is 11.9 Å². The topological polar surface area (TPSA) is 114 Å². The van der Waals surface area contributed by atoms with E-state index in [-0.39, 0.29) is 18.3 Å². The lowest BCUT2D eigenvalue weighted by atomic mass is 10.2. The first kappa shape index (κ1) is 11.6. The lowest BCUT2D eigenvalue weighted by molar-refractivity contribution is 0.0942. The summed E-state index contributed by atoms with van der Waals surface area (Å²) in [6.07, 6.45) is 0.316. The maximum atomic E-state index is 11.3. The van der Waals surface area contributed by atoms with Crippen molar-refractivity contribution >= 4 is 5.91 Å². The van der Waals surface area contributed by atoms with Gasteiger partial charge >= 0.3 is 0 Å². The van der Waals surface area contributed by atoms with Gasteiger partial charge in [0, 0.05) is 13.2 Å². The van der Waals surface area contributed by atoms with Gasteiger partial charge in [-0.15, -0.1) is 0 Å². The highest BCUT2D eigenvalue weighted by Crippen LogP contribution is 2.10. The summed E-state index contributed by atoms with van der Waals surface area (Å²) >= 11 is 0. The molecule has 1 rings (SSSR count). The maximum absolute atomic E-state index is 11.3. The number of carbonyl (C=O) groups excluding carboxylic acids is 1. The molecule has 0 aliphatic rings. The molecule has 0 spiro atoms. The largest absolute Gasteiger partial charge is 0.396 e. The Hall–Kier alpha value is -1.47. The molecule has 84 valence electrons. The van der Waals surface area contributed by atoms with E-state index in [0.717, 1.165) is 0 Å². The number of aromatic nitrogens is 2. The minimum Gasteiger partial charge on any atom is -0.396 e. The van der Waals surface area contributed by atoms with E-state index in [1.807, 2.05) is 0 Å². The first-order valence-corrected chi connectivity index (χ1v) is 4.67. The molecule has 0 radical (unpaired) electrons. The third-order valence-corrected chi connectivity index (χ3v) is 1.74. The number of rotatable bonds is 5. The highest BCUT2D eigenvalue weighted by molar-refractivity contribution is 5.90. The molecule has 0 aliphatic heterocycles. The molecule has 1 atom stereocenters. The molecule has 0 aliphatic carbocycles. The van der Waals surface area contributed by atoms with Crippen LogP contribution in [0.2, 0.25) is 0 Å². The van der Waals surface area contributed by atoms with Crippen LogP contribution in [0.4, 0.5) is 0 Å². The van der Waals surface area contributed by atoms with Crippen molar-refractivity contribution in [1.29, 1.82) is 0 Å². The summed E-state index contributed by atoms with van der Waals surface area (Å²) in [5.41, 5.74) is 5.60. The molecule has 0 aromatic carbocycles. The van der Waals surface area contributed by atoms with Crippen LogP contribution in [0.3, 0.4) is 0 Å². The summed E-state index contributed by atoms with van der Waals surface area (Å²) in [6, 6.07) is -0.536. The maximum Gasteiger partial charge on any atom is 0.292 e. The van der Waals surface area contributed by atoms with Gasteiger partial charge in [0.15, 0.2) is 0 Å². The summed E-state index contributed by atoms with van der Waals surface area (Å²) in [7, 11) is 0. The zero-order chi connectivity index (χ0) is 11.3. The van der Waals surface area contributed by atoms with E-state index in [1.54, 1.807) is 6.92 Å². The fourth-order valence-corrected chi connectivity index (χ4v) is 0.980. The van der Waals surface area contributed by atoms with Gasteiger partial charge in [-0.05, 0) is 13.3 Å². The SMILES string of the molecule is CCNC(=O)c1noc(C(N)CCO)n1. The van der Waals surface area contributed by atoms with Gasteiger partial charge in [-0.1, -0.05) is 5.16 Å². The second-order valence-corrected chi connectivity index (χ2v) is 2.93. The van der Waals surface area contributed by atoms with Crippen LogP contribution < -0.4 is 11.1 Å². The number of nitrogens with one attached hydrogen (secondary N) is 1. The Kier molecular flexibility index (Phi) is 4.19. The Morgan fingerprint density at radius 2 is 2.47 bits per heavy atom. The monoisotopic (exact) mass is 214 g/mol. The Morgan fingerprint density at radius 1 is 1.73 bits per heavy atom. The zero-order valence-corrected chi connectivity index (χ0v) is 8.43. The van der Waals surface area contributed by atoms with Gasteiger partial charge in [0.1, 0.15) is 0 Å². The molecule has 15 heavy (non-hydrogen) atoms. The van der Waals surface area contributed by atoms with E-state index in [2.05, 4.69) is 15.5 Å². The van der Waals surface area contributed by atoms with Crippen molar-refractivity contribution in [3.8, 4) is 0 Å². The van der Waals surface area contributed by atoms with E-state index in [1.165, 1.54) is 0 Å². The molecule has 0 fully saturated rings. The van der Waals surface area contributed by atoms with Crippen LogP contribution in [0, 0.1) is 0 Å². The third kappa shape index (κ3) is 3.00. The fourth-order valence-electron chi connectivity index (χ4n) is 0.980. The minimum absolute atomic E-state index is 0.0414. The smallest absolute Gasteiger partial charge is 0.292 e. The fraction of sp³-hybridized carbons (Fsp3) is 0.625. The average molecular weight is 214 g/mol. The molecule has 1 unspecified atom stereocenters. The molecule has 1 amide bonds. The van der Waals surface area contributed by atoms with Crippen molar-refractivity contribution in [2.24, 2.45) is 5.73 Å². The summed E-state index contributed by atoms with van der Waals surface area (Å²) in [5.74, 6) is -0.283. The molecule has 1 heterocycles. The second-order valence-electron chi connectivity index (χ2n) is 2.93. The minimum atomic E-state index is -0.536. The van der Waals surface area contributed by atoms with Crippen molar-refractivity contribution in [1.82, 2.24) is 15.5 Å². The predicted molar refractivity (Wildman–Crippen MR) is 50.9 cm³/mol. The number of nitrogens with two attached hydrogens (primary N) is 1. The van der Waals surface area contributed by atoms with Crippen molar-refractivity contribution in [3.63, 3.8) is 0 Å². The molecular weight excluding hydrogens is 200 g/mol. The van der Waals surface area contributed by atoms with E-state index in [9.17, 15) is 4.79 Å². The quantitative estimate of drug-likeness (QED) is 0.591. The first-order valence-electron chi connectivity index (χ1n) is 4.67. The van der Waals surface area contributed by atoms with Gasteiger partial charge in [0.2, 0.25) is 5.89 Å². The zero-order valence-electron chi connectivity index (χ0n) is 8.43. The molecule has 7 nitrogen and oxygen atoms in total.